The predicted molar refractivity (Wildman–Crippen MR) is 76.4 cm³/mol. The summed E-state index contributed by atoms with van der Waals surface area (Å²) in [6, 6.07) is 6.52. The summed E-state index contributed by atoms with van der Waals surface area (Å²) in [4.78, 5) is 0.235. The van der Waals surface area contributed by atoms with Crippen LogP contribution in [0, 0.1) is 24.2 Å². The largest absolute Gasteiger partial charge is 0.330 e. The summed E-state index contributed by atoms with van der Waals surface area (Å²) in [6.45, 7) is 2.20. The number of hydrogen-bond acceptors (Lipinski definition) is 4. The van der Waals surface area contributed by atoms with E-state index in [1.54, 1.807) is 13.0 Å². The van der Waals surface area contributed by atoms with Crippen LogP contribution in [0.2, 0.25) is 0 Å². The van der Waals surface area contributed by atoms with Crippen LogP contribution >= 0.6 is 0 Å². The van der Waals surface area contributed by atoms with E-state index >= 15 is 0 Å². The summed E-state index contributed by atoms with van der Waals surface area (Å²) in [6.07, 6.45) is 2.80. The van der Waals surface area contributed by atoms with Crippen LogP contribution in [0.15, 0.2) is 23.1 Å². The highest BCUT2D eigenvalue weighted by Crippen LogP contribution is 2.27. The Hall–Kier alpha value is -1.42. The maximum atomic E-state index is 12.4. The van der Waals surface area contributed by atoms with Gasteiger partial charge >= 0.3 is 0 Å². The molecule has 3 N–H and O–H groups in total. The quantitative estimate of drug-likeness (QED) is 0.873. The van der Waals surface area contributed by atoms with E-state index in [-0.39, 0.29) is 16.9 Å². The fourth-order valence-corrected chi connectivity index (χ4v) is 4.32. The minimum absolute atomic E-state index is 0.0833. The van der Waals surface area contributed by atoms with Gasteiger partial charge in [-0.2, -0.15) is 5.26 Å². The maximum Gasteiger partial charge on any atom is 0.241 e. The van der Waals surface area contributed by atoms with Gasteiger partial charge in [0.2, 0.25) is 10.0 Å². The van der Waals surface area contributed by atoms with Gasteiger partial charge in [0.15, 0.2) is 0 Å². The van der Waals surface area contributed by atoms with Crippen molar-refractivity contribution in [2.24, 2.45) is 11.7 Å². The highest BCUT2D eigenvalue weighted by atomic mass is 32.2. The summed E-state index contributed by atoms with van der Waals surface area (Å²) in [5.41, 5.74) is 6.72. The highest BCUT2D eigenvalue weighted by molar-refractivity contribution is 7.89. The number of nitrogens with zero attached hydrogens (tertiary/aromatic N) is 1. The molecule has 0 heterocycles. The molecule has 0 unspecified atom stereocenters. The summed E-state index contributed by atoms with van der Waals surface area (Å²) in [7, 11) is -3.56. The second-order valence-corrected chi connectivity index (χ2v) is 6.93. The molecular formula is C14H19N3O2S. The third-order valence-electron chi connectivity index (χ3n) is 3.86. The molecule has 20 heavy (non-hydrogen) atoms. The van der Waals surface area contributed by atoms with Crippen molar-refractivity contribution < 1.29 is 8.42 Å². The van der Waals surface area contributed by atoms with Gasteiger partial charge < -0.3 is 5.73 Å². The first-order valence-electron chi connectivity index (χ1n) is 6.71. The lowest BCUT2D eigenvalue weighted by Crippen LogP contribution is -2.40. The Morgan fingerprint density at radius 3 is 2.80 bits per heavy atom. The molecule has 6 heteroatoms. The fourth-order valence-electron chi connectivity index (χ4n) is 2.76. The maximum absolute atomic E-state index is 12.4. The molecule has 5 nitrogen and oxygen atoms in total. The van der Waals surface area contributed by atoms with Crippen LogP contribution < -0.4 is 10.5 Å². The standard InChI is InChI=1S/C14H19N3O2S/c1-10-7-11(8-15)5-6-14(10)20(18,19)17-13-4-2-3-12(13)9-16/h5-7,12-13,17H,2-4,9,16H2,1H3/t12-,13-/m1/s1. The number of nitrogens with two attached hydrogens (primary N) is 1. The molecule has 2 rings (SSSR count). The molecule has 0 bridgehead atoms. The average molecular weight is 293 g/mol. The van der Waals surface area contributed by atoms with E-state index in [4.69, 9.17) is 11.0 Å². The zero-order chi connectivity index (χ0) is 14.8. The predicted octanol–water partition coefficient (Wildman–Crippen LogP) is 1.27. The lowest BCUT2D eigenvalue weighted by atomic mass is 10.1. The Morgan fingerprint density at radius 1 is 1.45 bits per heavy atom. The van der Waals surface area contributed by atoms with Crippen molar-refractivity contribution in [1.82, 2.24) is 4.72 Å². The Labute approximate surface area is 119 Å². The smallest absolute Gasteiger partial charge is 0.241 e. The number of sulfonamides is 1. The molecule has 0 aliphatic heterocycles. The molecule has 108 valence electrons. The van der Waals surface area contributed by atoms with Crippen LogP contribution in [-0.2, 0) is 10.0 Å². The van der Waals surface area contributed by atoms with Crippen molar-refractivity contribution in [2.45, 2.75) is 37.1 Å². The van der Waals surface area contributed by atoms with Crippen LogP contribution in [0.4, 0.5) is 0 Å². The van der Waals surface area contributed by atoms with Crippen molar-refractivity contribution in [3.05, 3.63) is 29.3 Å². The number of rotatable bonds is 4. The van der Waals surface area contributed by atoms with Gasteiger partial charge in [-0.25, -0.2) is 13.1 Å². The monoisotopic (exact) mass is 293 g/mol. The second-order valence-electron chi connectivity index (χ2n) is 5.25. The highest BCUT2D eigenvalue weighted by Gasteiger charge is 2.30. The van der Waals surface area contributed by atoms with Gasteiger partial charge in [-0.15, -0.1) is 0 Å². The van der Waals surface area contributed by atoms with Gasteiger partial charge in [0.1, 0.15) is 0 Å². The molecule has 1 aliphatic rings. The van der Waals surface area contributed by atoms with Crippen LogP contribution in [0.25, 0.3) is 0 Å². The van der Waals surface area contributed by atoms with E-state index in [1.165, 1.54) is 12.1 Å². The van der Waals surface area contributed by atoms with Gasteiger partial charge in [-0.3, -0.25) is 0 Å². The Balaban J connectivity index is 2.25. The summed E-state index contributed by atoms with van der Waals surface area (Å²) >= 11 is 0. The van der Waals surface area contributed by atoms with Gasteiger partial charge in [-0.05, 0) is 56.0 Å². The van der Waals surface area contributed by atoms with Gasteiger partial charge in [0.25, 0.3) is 0 Å². The molecule has 1 aromatic carbocycles. The molecule has 0 aromatic heterocycles. The van der Waals surface area contributed by atoms with Gasteiger partial charge in [0.05, 0.1) is 16.5 Å². The zero-order valence-corrected chi connectivity index (χ0v) is 12.3. The molecule has 1 aliphatic carbocycles. The topological polar surface area (TPSA) is 96.0 Å². The van der Waals surface area contributed by atoms with Crippen LogP contribution in [-0.4, -0.2) is 21.0 Å². The number of nitrogens with one attached hydrogen (secondary N) is 1. The molecular weight excluding hydrogens is 274 g/mol. The molecule has 1 fully saturated rings. The van der Waals surface area contributed by atoms with Gasteiger partial charge in [0, 0.05) is 6.04 Å². The van der Waals surface area contributed by atoms with Crippen molar-refractivity contribution in [2.75, 3.05) is 6.54 Å². The first-order valence-corrected chi connectivity index (χ1v) is 8.19. The van der Waals surface area contributed by atoms with E-state index in [1.807, 2.05) is 6.07 Å². The summed E-state index contributed by atoms with van der Waals surface area (Å²) < 4.78 is 27.6. The number of aryl methyl sites for hydroxylation is 1. The minimum Gasteiger partial charge on any atom is -0.330 e. The lowest BCUT2D eigenvalue weighted by Gasteiger charge is -2.20. The molecule has 0 radical (unpaired) electrons. The van der Waals surface area contributed by atoms with Crippen LogP contribution in [0.3, 0.4) is 0 Å². The molecule has 1 saturated carbocycles. The van der Waals surface area contributed by atoms with E-state index in [0.29, 0.717) is 17.7 Å². The van der Waals surface area contributed by atoms with E-state index in [9.17, 15) is 8.42 Å². The first-order chi connectivity index (χ1) is 9.47. The number of nitriles is 1. The normalized spacial score (nSPS) is 22.6. The minimum atomic E-state index is -3.56. The van der Waals surface area contributed by atoms with E-state index in [2.05, 4.69) is 4.72 Å². The average Bonchev–Trinajstić information content (AvgIpc) is 2.84. The van der Waals surface area contributed by atoms with Crippen molar-refractivity contribution >= 4 is 10.0 Å². The summed E-state index contributed by atoms with van der Waals surface area (Å²) in [5, 5.41) is 8.82. The van der Waals surface area contributed by atoms with Crippen LogP contribution in [0.5, 0.6) is 0 Å². The first kappa shape index (κ1) is 15.0. The Morgan fingerprint density at radius 2 is 2.20 bits per heavy atom. The van der Waals surface area contributed by atoms with Crippen molar-refractivity contribution in [1.29, 1.82) is 5.26 Å². The molecule has 0 spiro atoms. The third-order valence-corrected chi connectivity index (χ3v) is 5.51. The summed E-state index contributed by atoms with van der Waals surface area (Å²) in [5.74, 6) is 0.212. The lowest BCUT2D eigenvalue weighted by molar-refractivity contribution is 0.452. The molecule has 0 amide bonds. The number of benzene rings is 1. The number of hydrogen-bond donors (Lipinski definition) is 2. The molecule has 0 saturated heterocycles. The van der Waals surface area contributed by atoms with E-state index < -0.39 is 10.0 Å². The second kappa shape index (κ2) is 5.92. The zero-order valence-electron chi connectivity index (χ0n) is 11.5. The van der Waals surface area contributed by atoms with Crippen molar-refractivity contribution in [3.63, 3.8) is 0 Å². The molecule has 2 atom stereocenters. The van der Waals surface area contributed by atoms with Crippen molar-refractivity contribution in [3.8, 4) is 6.07 Å². The molecule has 1 aromatic rings. The fraction of sp³-hybridized carbons (Fsp3) is 0.500. The SMILES string of the molecule is Cc1cc(C#N)ccc1S(=O)(=O)N[C@@H]1CCC[C@@H]1CN. The van der Waals surface area contributed by atoms with Gasteiger partial charge in [-0.1, -0.05) is 6.42 Å². The Kier molecular flexibility index (Phi) is 4.43. The Bertz CT molecular complexity index is 634. The van der Waals surface area contributed by atoms with Crippen LogP contribution in [0.1, 0.15) is 30.4 Å². The van der Waals surface area contributed by atoms with E-state index in [0.717, 1.165) is 19.3 Å². The third kappa shape index (κ3) is 3.01.